The molecule has 0 bridgehead atoms. The Morgan fingerprint density at radius 3 is 2.56 bits per heavy atom. The lowest BCUT2D eigenvalue weighted by Crippen LogP contribution is -2.25. The summed E-state index contributed by atoms with van der Waals surface area (Å²) in [5.74, 6) is 0. The van der Waals surface area contributed by atoms with E-state index in [2.05, 4.69) is 4.72 Å². The SMILES string of the molecule is CC(O)CCCNS(=O)(=O)c1ccc(Cl)c(Cl)c1. The zero-order valence-electron chi connectivity index (χ0n) is 9.86. The normalized spacial score (nSPS) is 13.6. The first-order valence-electron chi connectivity index (χ1n) is 5.45. The van der Waals surface area contributed by atoms with Crippen LogP contribution in [0.25, 0.3) is 0 Å². The van der Waals surface area contributed by atoms with Crippen LogP contribution in [0.15, 0.2) is 23.1 Å². The highest BCUT2D eigenvalue weighted by Gasteiger charge is 2.14. The minimum Gasteiger partial charge on any atom is -0.393 e. The number of benzene rings is 1. The molecule has 0 saturated carbocycles. The Hall–Kier alpha value is -0.330. The molecule has 0 aliphatic heterocycles. The lowest BCUT2D eigenvalue weighted by atomic mass is 10.2. The van der Waals surface area contributed by atoms with Crippen LogP contribution in [0.2, 0.25) is 10.0 Å². The van der Waals surface area contributed by atoms with Crippen LogP contribution in [0.4, 0.5) is 0 Å². The first-order valence-corrected chi connectivity index (χ1v) is 7.69. The summed E-state index contributed by atoms with van der Waals surface area (Å²) < 4.78 is 26.2. The molecule has 1 aromatic carbocycles. The zero-order chi connectivity index (χ0) is 13.8. The van der Waals surface area contributed by atoms with Crippen molar-refractivity contribution in [3.63, 3.8) is 0 Å². The Balaban J connectivity index is 2.66. The second-order valence-electron chi connectivity index (χ2n) is 3.96. The highest BCUT2D eigenvalue weighted by Crippen LogP contribution is 2.24. The van der Waals surface area contributed by atoms with E-state index in [1.165, 1.54) is 18.2 Å². The third kappa shape index (κ3) is 4.74. The molecule has 4 nitrogen and oxygen atoms in total. The summed E-state index contributed by atoms with van der Waals surface area (Å²) in [7, 11) is -3.57. The van der Waals surface area contributed by atoms with Gasteiger partial charge in [-0.05, 0) is 38.0 Å². The van der Waals surface area contributed by atoms with E-state index in [0.29, 0.717) is 17.9 Å². The van der Waals surface area contributed by atoms with Gasteiger partial charge >= 0.3 is 0 Å². The number of nitrogens with one attached hydrogen (secondary N) is 1. The zero-order valence-corrected chi connectivity index (χ0v) is 12.2. The topological polar surface area (TPSA) is 66.4 Å². The van der Waals surface area contributed by atoms with Crippen molar-refractivity contribution in [3.8, 4) is 0 Å². The Labute approximate surface area is 117 Å². The van der Waals surface area contributed by atoms with E-state index in [1.807, 2.05) is 0 Å². The molecule has 0 spiro atoms. The van der Waals surface area contributed by atoms with Crippen molar-refractivity contribution in [2.24, 2.45) is 0 Å². The predicted octanol–water partition coefficient (Wildman–Crippen LogP) is 2.43. The maximum absolute atomic E-state index is 11.9. The number of hydrogen-bond donors (Lipinski definition) is 2. The number of halogens is 2. The van der Waals surface area contributed by atoms with E-state index in [9.17, 15) is 8.42 Å². The standard InChI is InChI=1S/C11H15Cl2NO3S/c1-8(15)3-2-6-14-18(16,17)9-4-5-10(12)11(13)7-9/h4-5,7-8,14-15H,2-3,6H2,1H3. The third-order valence-corrected chi connectivity index (χ3v) is 4.49. The molecule has 1 atom stereocenters. The summed E-state index contributed by atoms with van der Waals surface area (Å²) >= 11 is 11.5. The molecule has 102 valence electrons. The Bertz CT molecular complexity index is 503. The quantitative estimate of drug-likeness (QED) is 0.793. The van der Waals surface area contributed by atoms with Gasteiger partial charge in [-0.25, -0.2) is 13.1 Å². The molecule has 2 N–H and O–H groups in total. The summed E-state index contributed by atoms with van der Waals surface area (Å²) in [6.45, 7) is 1.93. The van der Waals surface area contributed by atoms with Crippen LogP contribution < -0.4 is 4.72 Å². The molecule has 0 aliphatic carbocycles. The number of sulfonamides is 1. The summed E-state index contributed by atoms with van der Waals surface area (Å²) in [6, 6.07) is 4.14. The maximum Gasteiger partial charge on any atom is 0.240 e. The molecule has 0 radical (unpaired) electrons. The molecule has 1 unspecified atom stereocenters. The van der Waals surface area contributed by atoms with Crippen molar-refractivity contribution >= 4 is 33.2 Å². The van der Waals surface area contributed by atoms with E-state index in [0.717, 1.165) is 0 Å². The molecule has 0 saturated heterocycles. The molecule has 7 heteroatoms. The van der Waals surface area contributed by atoms with Crippen molar-refractivity contribution in [1.29, 1.82) is 0 Å². The Morgan fingerprint density at radius 1 is 1.33 bits per heavy atom. The molecule has 0 heterocycles. The van der Waals surface area contributed by atoms with E-state index in [4.69, 9.17) is 28.3 Å². The average molecular weight is 312 g/mol. The van der Waals surface area contributed by atoms with Crippen LogP contribution in [0.3, 0.4) is 0 Å². The number of rotatable bonds is 6. The first-order chi connectivity index (χ1) is 8.33. The minimum absolute atomic E-state index is 0.0777. The van der Waals surface area contributed by atoms with Gasteiger partial charge in [-0.2, -0.15) is 0 Å². The van der Waals surface area contributed by atoms with Gasteiger partial charge in [0.2, 0.25) is 10.0 Å². The first kappa shape index (κ1) is 15.7. The predicted molar refractivity (Wildman–Crippen MR) is 72.6 cm³/mol. The largest absolute Gasteiger partial charge is 0.393 e. The van der Waals surface area contributed by atoms with Gasteiger partial charge in [-0.1, -0.05) is 23.2 Å². The van der Waals surface area contributed by atoms with E-state index >= 15 is 0 Å². The maximum atomic E-state index is 11.9. The molecule has 1 rings (SSSR count). The van der Waals surface area contributed by atoms with Gasteiger partial charge in [-0.3, -0.25) is 0 Å². The summed E-state index contributed by atoms with van der Waals surface area (Å²) in [6.07, 6.45) is 0.682. The van der Waals surface area contributed by atoms with Crippen LogP contribution in [-0.4, -0.2) is 26.2 Å². The second-order valence-corrected chi connectivity index (χ2v) is 6.55. The van der Waals surface area contributed by atoms with E-state index in [-0.39, 0.29) is 16.5 Å². The molecule has 0 aliphatic rings. The molecule has 18 heavy (non-hydrogen) atoms. The van der Waals surface area contributed by atoms with Gasteiger partial charge in [-0.15, -0.1) is 0 Å². The summed E-state index contributed by atoms with van der Waals surface area (Å²) in [5.41, 5.74) is 0. The van der Waals surface area contributed by atoms with E-state index < -0.39 is 16.1 Å². The van der Waals surface area contributed by atoms with Gasteiger partial charge in [0, 0.05) is 6.54 Å². The molecular formula is C11H15Cl2NO3S. The Morgan fingerprint density at radius 2 is 2.00 bits per heavy atom. The fraction of sp³-hybridized carbons (Fsp3) is 0.455. The molecule has 0 amide bonds. The van der Waals surface area contributed by atoms with Crippen LogP contribution >= 0.6 is 23.2 Å². The molecule has 0 fully saturated rings. The fourth-order valence-corrected chi connectivity index (χ4v) is 2.79. The average Bonchev–Trinajstić information content (AvgIpc) is 2.28. The second kappa shape index (κ2) is 6.73. The van der Waals surface area contributed by atoms with Crippen LogP contribution in [0.5, 0.6) is 0 Å². The third-order valence-electron chi connectivity index (χ3n) is 2.29. The fourth-order valence-electron chi connectivity index (χ4n) is 1.33. The van der Waals surface area contributed by atoms with Crippen LogP contribution in [0, 0.1) is 0 Å². The van der Waals surface area contributed by atoms with Gasteiger partial charge in [0.15, 0.2) is 0 Å². The van der Waals surface area contributed by atoms with Gasteiger partial charge in [0.05, 0.1) is 21.0 Å². The van der Waals surface area contributed by atoms with E-state index in [1.54, 1.807) is 6.92 Å². The van der Waals surface area contributed by atoms with Crippen molar-refractivity contribution in [1.82, 2.24) is 4.72 Å². The van der Waals surface area contributed by atoms with Crippen molar-refractivity contribution in [3.05, 3.63) is 28.2 Å². The smallest absolute Gasteiger partial charge is 0.240 e. The van der Waals surface area contributed by atoms with Crippen molar-refractivity contribution in [2.45, 2.75) is 30.8 Å². The van der Waals surface area contributed by atoms with Crippen molar-refractivity contribution in [2.75, 3.05) is 6.54 Å². The van der Waals surface area contributed by atoms with Gasteiger partial charge in [0.25, 0.3) is 0 Å². The lowest BCUT2D eigenvalue weighted by molar-refractivity contribution is 0.182. The Kier molecular flexibility index (Phi) is 5.88. The molecule has 1 aromatic rings. The van der Waals surface area contributed by atoms with Crippen LogP contribution in [0.1, 0.15) is 19.8 Å². The number of aliphatic hydroxyl groups is 1. The minimum atomic E-state index is -3.57. The molecular weight excluding hydrogens is 297 g/mol. The summed E-state index contributed by atoms with van der Waals surface area (Å²) in [4.78, 5) is 0.0777. The lowest BCUT2D eigenvalue weighted by Gasteiger charge is -2.08. The summed E-state index contributed by atoms with van der Waals surface area (Å²) in [5, 5.41) is 9.56. The highest BCUT2D eigenvalue weighted by molar-refractivity contribution is 7.89. The van der Waals surface area contributed by atoms with Gasteiger partial charge < -0.3 is 5.11 Å². The number of aliphatic hydroxyl groups excluding tert-OH is 1. The van der Waals surface area contributed by atoms with Crippen molar-refractivity contribution < 1.29 is 13.5 Å². The highest BCUT2D eigenvalue weighted by atomic mass is 35.5. The monoisotopic (exact) mass is 311 g/mol. The number of hydrogen-bond acceptors (Lipinski definition) is 3. The van der Waals surface area contributed by atoms with Crippen LogP contribution in [-0.2, 0) is 10.0 Å². The molecule has 0 aromatic heterocycles. The van der Waals surface area contributed by atoms with Gasteiger partial charge in [0.1, 0.15) is 0 Å².